The highest BCUT2D eigenvalue weighted by atomic mass is 16.1. The van der Waals surface area contributed by atoms with Crippen LogP contribution < -0.4 is 5.32 Å². The smallest absolute Gasteiger partial charge is 0.222 e. The average molecular weight is 205 g/mol. The first-order chi connectivity index (χ1) is 7.00. The second-order valence-corrected chi connectivity index (χ2v) is 4.30. The lowest BCUT2D eigenvalue weighted by molar-refractivity contribution is -0.124. The molecule has 0 atom stereocenters. The number of benzene rings is 1. The highest BCUT2D eigenvalue weighted by Crippen LogP contribution is 2.10. The Labute approximate surface area is 91.7 Å². The number of carbonyl (C=O) groups excluding carboxylic acids is 1. The van der Waals surface area contributed by atoms with E-state index in [-0.39, 0.29) is 11.8 Å². The number of hydrogen-bond acceptors (Lipinski definition) is 1. The van der Waals surface area contributed by atoms with E-state index in [2.05, 4.69) is 37.4 Å². The summed E-state index contributed by atoms with van der Waals surface area (Å²) in [5, 5.41) is 2.92. The Morgan fingerprint density at radius 2 is 2.00 bits per heavy atom. The van der Waals surface area contributed by atoms with Gasteiger partial charge >= 0.3 is 0 Å². The summed E-state index contributed by atoms with van der Waals surface area (Å²) in [4.78, 5) is 11.4. The van der Waals surface area contributed by atoms with Crippen molar-refractivity contribution in [2.24, 2.45) is 5.92 Å². The van der Waals surface area contributed by atoms with Crippen LogP contribution in [-0.4, -0.2) is 5.91 Å². The van der Waals surface area contributed by atoms with Gasteiger partial charge in [0.2, 0.25) is 5.91 Å². The number of amides is 1. The molecule has 0 bridgehead atoms. The van der Waals surface area contributed by atoms with Crippen LogP contribution in [0.25, 0.3) is 0 Å². The topological polar surface area (TPSA) is 29.1 Å². The summed E-state index contributed by atoms with van der Waals surface area (Å²) in [6.45, 7) is 8.57. The van der Waals surface area contributed by atoms with Crippen molar-refractivity contribution in [3.8, 4) is 0 Å². The van der Waals surface area contributed by atoms with Crippen molar-refractivity contribution in [2.75, 3.05) is 0 Å². The molecule has 0 radical (unpaired) electrons. The molecule has 82 valence electrons. The molecule has 0 heterocycles. The lowest BCUT2D eigenvalue weighted by Gasteiger charge is -2.10. The Balaban J connectivity index is 2.62. The third-order valence-electron chi connectivity index (χ3n) is 2.48. The molecule has 2 nitrogen and oxygen atoms in total. The molecule has 2 heteroatoms. The molecule has 0 saturated heterocycles. The molecular formula is C13H19NO. The molecular weight excluding hydrogens is 186 g/mol. The predicted octanol–water partition coefficient (Wildman–Crippen LogP) is 2.58. The average Bonchev–Trinajstić information content (AvgIpc) is 2.15. The molecule has 1 N–H and O–H groups in total. The monoisotopic (exact) mass is 205 g/mol. The van der Waals surface area contributed by atoms with Gasteiger partial charge < -0.3 is 5.32 Å². The lowest BCUT2D eigenvalue weighted by atomic mass is 10.1. The summed E-state index contributed by atoms with van der Waals surface area (Å²) in [5.74, 6) is 0.158. The zero-order chi connectivity index (χ0) is 11.4. The largest absolute Gasteiger partial charge is 0.352 e. The Morgan fingerprint density at radius 1 is 1.33 bits per heavy atom. The normalized spacial score (nSPS) is 10.5. The van der Waals surface area contributed by atoms with E-state index in [1.54, 1.807) is 0 Å². The van der Waals surface area contributed by atoms with Crippen LogP contribution in [0.15, 0.2) is 18.2 Å². The Kier molecular flexibility index (Phi) is 3.89. The highest BCUT2D eigenvalue weighted by molar-refractivity contribution is 5.77. The van der Waals surface area contributed by atoms with Crippen molar-refractivity contribution in [1.82, 2.24) is 5.32 Å². The molecule has 1 aromatic carbocycles. The van der Waals surface area contributed by atoms with Crippen molar-refractivity contribution in [2.45, 2.75) is 34.2 Å². The molecule has 15 heavy (non-hydrogen) atoms. The number of carbonyl (C=O) groups is 1. The lowest BCUT2D eigenvalue weighted by Crippen LogP contribution is -2.27. The fourth-order valence-corrected chi connectivity index (χ4v) is 1.43. The van der Waals surface area contributed by atoms with Crippen LogP contribution in [0.5, 0.6) is 0 Å². The minimum Gasteiger partial charge on any atom is -0.352 e. The van der Waals surface area contributed by atoms with Gasteiger partial charge in [0, 0.05) is 12.5 Å². The van der Waals surface area contributed by atoms with Crippen molar-refractivity contribution in [1.29, 1.82) is 0 Å². The van der Waals surface area contributed by atoms with Gasteiger partial charge in [0.1, 0.15) is 0 Å². The maximum atomic E-state index is 11.4. The fourth-order valence-electron chi connectivity index (χ4n) is 1.43. The van der Waals surface area contributed by atoms with Crippen LogP contribution in [-0.2, 0) is 11.3 Å². The molecule has 0 aliphatic rings. The third-order valence-corrected chi connectivity index (χ3v) is 2.48. The van der Waals surface area contributed by atoms with Crippen LogP contribution >= 0.6 is 0 Å². The van der Waals surface area contributed by atoms with Crippen molar-refractivity contribution >= 4 is 5.91 Å². The predicted molar refractivity (Wildman–Crippen MR) is 62.6 cm³/mol. The summed E-state index contributed by atoms with van der Waals surface area (Å²) in [6.07, 6.45) is 0. The quantitative estimate of drug-likeness (QED) is 0.807. The van der Waals surface area contributed by atoms with Gasteiger partial charge in [0.25, 0.3) is 0 Å². The molecule has 0 fully saturated rings. The van der Waals surface area contributed by atoms with Crippen LogP contribution in [0, 0.1) is 19.8 Å². The van der Waals surface area contributed by atoms with E-state index in [0.717, 1.165) is 0 Å². The van der Waals surface area contributed by atoms with E-state index in [0.29, 0.717) is 6.54 Å². The van der Waals surface area contributed by atoms with Gasteiger partial charge in [0.05, 0.1) is 0 Å². The second-order valence-electron chi connectivity index (χ2n) is 4.30. The van der Waals surface area contributed by atoms with Crippen LogP contribution in [0.2, 0.25) is 0 Å². The van der Waals surface area contributed by atoms with Gasteiger partial charge in [-0.25, -0.2) is 0 Å². The van der Waals surface area contributed by atoms with E-state index in [9.17, 15) is 4.79 Å². The maximum Gasteiger partial charge on any atom is 0.222 e. The zero-order valence-corrected chi connectivity index (χ0v) is 9.92. The fraction of sp³-hybridized carbons (Fsp3) is 0.462. The van der Waals surface area contributed by atoms with Crippen molar-refractivity contribution in [3.05, 3.63) is 34.9 Å². The number of aryl methyl sites for hydroxylation is 2. The SMILES string of the molecule is Cc1ccc(CNC(=O)C(C)C)c(C)c1. The number of rotatable bonds is 3. The maximum absolute atomic E-state index is 11.4. The Bertz CT molecular complexity index is 356. The molecule has 1 amide bonds. The van der Waals surface area contributed by atoms with Gasteiger partial charge in [-0.3, -0.25) is 4.79 Å². The number of nitrogens with one attached hydrogen (secondary N) is 1. The molecule has 0 aliphatic carbocycles. The summed E-state index contributed by atoms with van der Waals surface area (Å²) >= 11 is 0. The summed E-state index contributed by atoms with van der Waals surface area (Å²) in [5.41, 5.74) is 3.68. The first-order valence-electron chi connectivity index (χ1n) is 5.34. The van der Waals surface area contributed by atoms with Crippen molar-refractivity contribution in [3.63, 3.8) is 0 Å². The van der Waals surface area contributed by atoms with E-state index in [1.165, 1.54) is 16.7 Å². The van der Waals surface area contributed by atoms with E-state index < -0.39 is 0 Å². The minimum atomic E-state index is 0.0516. The van der Waals surface area contributed by atoms with Crippen molar-refractivity contribution < 1.29 is 4.79 Å². The van der Waals surface area contributed by atoms with Crippen LogP contribution in [0.3, 0.4) is 0 Å². The number of hydrogen-bond donors (Lipinski definition) is 1. The first-order valence-corrected chi connectivity index (χ1v) is 5.34. The third kappa shape index (κ3) is 3.39. The standard InChI is InChI=1S/C13H19NO/c1-9(2)13(15)14-8-12-6-5-10(3)7-11(12)4/h5-7,9H,8H2,1-4H3,(H,14,15). The molecule has 0 aliphatic heterocycles. The van der Waals surface area contributed by atoms with E-state index in [1.807, 2.05) is 13.8 Å². The van der Waals surface area contributed by atoms with Gasteiger partial charge in [-0.2, -0.15) is 0 Å². The Morgan fingerprint density at radius 3 is 2.53 bits per heavy atom. The van der Waals surface area contributed by atoms with E-state index >= 15 is 0 Å². The molecule has 0 unspecified atom stereocenters. The second kappa shape index (κ2) is 4.96. The van der Waals surface area contributed by atoms with Gasteiger partial charge in [-0.15, -0.1) is 0 Å². The molecule has 0 spiro atoms. The molecule has 0 aromatic heterocycles. The van der Waals surface area contributed by atoms with Crippen LogP contribution in [0.1, 0.15) is 30.5 Å². The Hall–Kier alpha value is -1.31. The first kappa shape index (κ1) is 11.8. The van der Waals surface area contributed by atoms with Gasteiger partial charge in [-0.05, 0) is 25.0 Å². The summed E-state index contributed by atoms with van der Waals surface area (Å²) in [7, 11) is 0. The molecule has 1 aromatic rings. The molecule has 0 saturated carbocycles. The summed E-state index contributed by atoms with van der Waals surface area (Å²) in [6, 6.07) is 6.28. The van der Waals surface area contributed by atoms with Crippen LogP contribution in [0.4, 0.5) is 0 Å². The van der Waals surface area contributed by atoms with Gasteiger partial charge in [-0.1, -0.05) is 37.6 Å². The molecule has 1 rings (SSSR count). The van der Waals surface area contributed by atoms with Gasteiger partial charge in [0.15, 0.2) is 0 Å². The highest BCUT2D eigenvalue weighted by Gasteiger charge is 2.06. The minimum absolute atomic E-state index is 0.0516. The van der Waals surface area contributed by atoms with E-state index in [4.69, 9.17) is 0 Å². The zero-order valence-electron chi connectivity index (χ0n) is 9.92. The summed E-state index contributed by atoms with van der Waals surface area (Å²) < 4.78 is 0.